The molecule has 1 aliphatic rings. The second-order valence-electron chi connectivity index (χ2n) is 7.30. The number of benzene rings is 2. The predicted octanol–water partition coefficient (Wildman–Crippen LogP) is 3.32. The molecule has 0 radical (unpaired) electrons. The normalized spacial score (nSPS) is 15.9. The van der Waals surface area contributed by atoms with Gasteiger partial charge in [-0.05, 0) is 42.9 Å². The van der Waals surface area contributed by atoms with Crippen molar-refractivity contribution in [3.05, 3.63) is 70.8 Å². The van der Waals surface area contributed by atoms with Crippen molar-refractivity contribution in [3.63, 3.8) is 0 Å². The Morgan fingerprint density at radius 3 is 2.63 bits per heavy atom. The van der Waals surface area contributed by atoms with Gasteiger partial charge in [0.1, 0.15) is 5.75 Å². The molecule has 140 valence electrons. The summed E-state index contributed by atoms with van der Waals surface area (Å²) in [4.78, 5) is 19.6. The average molecular weight is 363 g/mol. The van der Waals surface area contributed by atoms with Gasteiger partial charge in [-0.25, -0.2) is 4.98 Å². The van der Waals surface area contributed by atoms with Gasteiger partial charge in [-0.2, -0.15) is 0 Å². The summed E-state index contributed by atoms with van der Waals surface area (Å²) in [6.45, 7) is 2.64. The molecule has 1 aromatic heterocycles. The maximum Gasteiger partial charge on any atom is 0.262 e. The van der Waals surface area contributed by atoms with Crippen LogP contribution in [0, 0.1) is 5.92 Å². The Morgan fingerprint density at radius 1 is 1.11 bits per heavy atom. The van der Waals surface area contributed by atoms with Crippen molar-refractivity contribution < 1.29 is 4.74 Å². The maximum absolute atomic E-state index is 12.8. The van der Waals surface area contributed by atoms with Crippen LogP contribution in [-0.4, -0.2) is 34.7 Å². The number of ether oxygens (including phenoxy) is 1. The molecule has 27 heavy (non-hydrogen) atoms. The van der Waals surface area contributed by atoms with Gasteiger partial charge in [-0.15, -0.1) is 0 Å². The van der Waals surface area contributed by atoms with Crippen molar-refractivity contribution in [3.8, 4) is 5.75 Å². The van der Waals surface area contributed by atoms with E-state index in [0.717, 1.165) is 25.4 Å². The summed E-state index contributed by atoms with van der Waals surface area (Å²) in [7, 11) is 1.61. The third kappa shape index (κ3) is 4.03. The number of methoxy groups -OCH3 is 1. The number of hydrogen-bond donors (Lipinski definition) is 0. The lowest BCUT2D eigenvalue weighted by Crippen LogP contribution is -2.38. The number of likely N-dealkylation sites (tertiary alicyclic amines) is 1. The van der Waals surface area contributed by atoms with Crippen LogP contribution in [0.25, 0.3) is 10.9 Å². The van der Waals surface area contributed by atoms with Crippen LogP contribution in [0.2, 0.25) is 0 Å². The lowest BCUT2D eigenvalue weighted by molar-refractivity contribution is 0.145. The lowest BCUT2D eigenvalue weighted by atomic mass is 9.90. The Morgan fingerprint density at radius 2 is 1.89 bits per heavy atom. The number of aromatic nitrogens is 2. The molecule has 0 N–H and O–H groups in total. The molecule has 0 saturated carbocycles. The van der Waals surface area contributed by atoms with Crippen LogP contribution in [0.3, 0.4) is 0 Å². The Balaban J connectivity index is 1.40. The Labute approximate surface area is 159 Å². The van der Waals surface area contributed by atoms with E-state index in [0.29, 0.717) is 23.3 Å². The van der Waals surface area contributed by atoms with Crippen molar-refractivity contribution in [2.45, 2.75) is 25.9 Å². The standard InChI is InChI=1S/C22H25N3O2/c1-27-19-7-8-20-21(14-19)23-15-25(22(20)26)16-24-11-9-18(10-12-24)13-17-5-3-2-4-6-17/h2-8,14-15,18H,9-13,16H2,1H3. The first-order valence-electron chi connectivity index (χ1n) is 9.52. The summed E-state index contributed by atoms with van der Waals surface area (Å²) < 4.78 is 6.92. The molecule has 1 saturated heterocycles. The second kappa shape index (κ2) is 7.92. The summed E-state index contributed by atoms with van der Waals surface area (Å²) in [6, 6.07) is 16.1. The average Bonchev–Trinajstić information content (AvgIpc) is 2.72. The molecule has 1 aliphatic heterocycles. The summed E-state index contributed by atoms with van der Waals surface area (Å²) in [6.07, 6.45) is 5.14. The molecule has 0 amide bonds. The van der Waals surface area contributed by atoms with Crippen molar-refractivity contribution in [1.29, 1.82) is 0 Å². The minimum atomic E-state index is 0.00839. The molecule has 5 nitrogen and oxygen atoms in total. The SMILES string of the molecule is COc1ccc2c(=O)n(CN3CCC(Cc4ccccc4)CC3)cnc2c1. The van der Waals surface area contributed by atoms with E-state index in [4.69, 9.17) is 4.74 Å². The third-order valence-electron chi connectivity index (χ3n) is 5.46. The molecule has 1 fully saturated rings. The number of hydrogen-bond acceptors (Lipinski definition) is 4. The highest BCUT2D eigenvalue weighted by molar-refractivity contribution is 5.78. The fraction of sp³-hybridized carbons (Fsp3) is 0.364. The van der Waals surface area contributed by atoms with Gasteiger partial charge >= 0.3 is 0 Å². The van der Waals surface area contributed by atoms with Crippen LogP contribution in [-0.2, 0) is 13.1 Å². The molecule has 5 heteroatoms. The smallest absolute Gasteiger partial charge is 0.262 e. The van der Waals surface area contributed by atoms with E-state index in [1.807, 2.05) is 6.07 Å². The molecule has 0 atom stereocenters. The lowest BCUT2D eigenvalue weighted by Gasteiger charge is -2.32. The van der Waals surface area contributed by atoms with E-state index < -0.39 is 0 Å². The molecular weight excluding hydrogens is 338 g/mol. The third-order valence-corrected chi connectivity index (χ3v) is 5.46. The zero-order valence-electron chi connectivity index (χ0n) is 15.7. The minimum Gasteiger partial charge on any atom is -0.497 e. The zero-order valence-corrected chi connectivity index (χ0v) is 15.7. The van der Waals surface area contributed by atoms with E-state index in [9.17, 15) is 4.79 Å². The van der Waals surface area contributed by atoms with Crippen molar-refractivity contribution >= 4 is 10.9 Å². The number of fused-ring (bicyclic) bond motifs is 1. The van der Waals surface area contributed by atoms with E-state index in [2.05, 4.69) is 40.2 Å². The summed E-state index contributed by atoms with van der Waals surface area (Å²) in [5.74, 6) is 1.44. The van der Waals surface area contributed by atoms with Crippen LogP contribution < -0.4 is 10.3 Å². The first-order chi connectivity index (χ1) is 13.2. The van der Waals surface area contributed by atoms with Crippen LogP contribution in [0.5, 0.6) is 5.75 Å². The van der Waals surface area contributed by atoms with Gasteiger partial charge in [0, 0.05) is 19.2 Å². The Hall–Kier alpha value is -2.66. The largest absolute Gasteiger partial charge is 0.497 e. The van der Waals surface area contributed by atoms with Crippen molar-refractivity contribution in [1.82, 2.24) is 14.5 Å². The van der Waals surface area contributed by atoms with Gasteiger partial charge in [0.05, 0.1) is 31.0 Å². The minimum absolute atomic E-state index is 0.00839. The Kier molecular flexibility index (Phi) is 5.21. The van der Waals surface area contributed by atoms with Gasteiger partial charge in [0.2, 0.25) is 0 Å². The van der Waals surface area contributed by atoms with E-state index >= 15 is 0 Å². The highest BCUT2D eigenvalue weighted by Gasteiger charge is 2.20. The van der Waals surface area contributed by atoms with Gasteiger partial charge in [0.25, 0.3) is 5.56 Å². The van der Waals surface area contributed by atoms with E-state index in [-0.39, 0.29) is 5.56 Å². The molecule has 0 aliphatic carbocycles. The molecule has 2 heterocycles. The molecule has 0 spiro atoms. The summed E-state index contributed by atoms with van der Waals surface area (Å²) in [5, 5.41) is 0.636. The zero-order chi connectivity index (χ0) is 18.6. The van der Waals surface area contributed by atoms with Crippen LogP contribution >= 0.6 is 0 Å². The molecular formula is C22H25N3O2. The highest BCUT2D eigenvalue weighted by Crippen LogP contribution is 2.22. The van der Waals surface area contributed by atoms with E-state index in [1.54, 1.807) is 30.1 Å². The number of piperidine rings is 1. The molecule has 2 aromatic carbocycles. The second-order valence-corrected chi connectivity index (χ2v) is 7.30. The van der Waals surface area contributed by atoms with Gasteiger partial charge in [0.15, 0.2) is 0 Å². The van der Waals surface area contributed by atoms with Gasteiger partial charge in [-0.1, -0.05) is 30.3 Å². The number of nitrogens with zero attached hydrogens (tertiary/aromatic N) is 3. The quantitative estimate of drug-likeness (QED) is 0.698. The highest BCUT2D eigenvalue weighted by atomic mass is 16.5. The first kappa shape index (κ1) is 17.7. The molecule has 0 unspecified atom stereocenters. The van der Waals surface area contributed by atoms with Crippen LogP contribution in [0.1, 0.15) is 18.4 Å². The fourth-order valence-electron chi connectivity index (χ4n) is 3.86. The molecule has 0 bridgehead atoms. The monoisotopic (exact) mass is 363 g/mol. The van der Waals surface area contributed by atoms with Gasteiger partial charge in [-0.3, -0.25) is 14.3 Å². The predicted molar refractivity (Wildman–Crippen MR) is 107 cm³/mol. The van der Waals surface area contributed by atoms with Crippen LogP contribution in [0.15, 0.2) is 59.7 Å². The summed E-state index contributed by atoms with van der Waals surface area (Å²) >= 11 is 0. The van der Waals surface area contributed by atoms with Crippen molar-refractivity contribution in [2.75, 3.05) is 20.2 Å². The topological polar surface area (TPSA) is 47.4 Å². The first-order valence-corrected chi connectivity index (χ1v) is 9.52. The molecule has 3 aromatic rings. The fourth-order valence-corrected chi connectivity index (χ4v) is 3.86. The van der Waals surface area contributed by atoms with E-state index in [1.165, 1.54) is 18.4 Å². The Bertz CT molecular complexity index is 960. The number of rotatable bonds is 5. The summed E-state index contributed by atoms with van der Waals surface area (Å²) in [5.41, 5.74) is 2.10. The maximum atomic E-state index is 12.8. The van der Waals surface area contributed by atoms with Gasteiger partial charge < -0.3 is 4.74 Å². The molecule has 4 rings (SSSR count). The van der Waals surface area contributed by atoms with Crippen LogP contribution in [0.4, 0.5) is 0 Å². The van der Waals surface area contributed by atoms with Crippen molar-refractivity contribution in [2.24, 2.45) is 5.92 Å².